The SMILES string of the molecule is CC(C)(CO)NC(=O)Nc1ccc(-c2nc(N3CCOCC3)cc(C3(S(=O)(=O)C4CC4)CCCC3)n2)cc1. The molecule has 206 valence electrons. The van der Waals surface area contributed by atoms with Crippen LogP contribution in [0.5, 0.6) is 0 Å². The van der Waals surface area contributed by atoms with E-state index >= 15 is 0 Å². The summed E-state index contributed by atoms with van der Waals surface area (Å²) in [5.74, 6) is 1.19. The summed E-state index contributed by atoms with van der Waals surface area (Å²) >= 11 is 0. The van der Waals surface area contributed by atoms with Gasteiger partial charge in [-0.1, -0.05) is 12.8 Å². The van der Waals surface area contributed by atoms with E-state index in [2.05, 4.69) is 15.5 Å². The highest BCUT2D eigenvalue weighted by molar-refractivity contribution is 7.93. The van der Waals surface area contributed by atoms with Crippen molar-refractivity contribution >= 4 is 27.4 Å². The molecule has 11 heteroatoms. The van der Waals surface area contributed by atoms with E-state index in [9.17, 15) is 18.3 Å². The molecule has 3 fully saturated rings. The highest BCUT2D eigenvalue weighted by Gasteiger charge is 2.55. The Morgan fingerprint density at radius 2 is 1.79 bits per heavy atom. The molecule has 2 aliphatic carbocycles. The van der Waals surface area contributed by atoms with Crippen LogP contribution in [0.15, 0.2) is 30.3 Å². The fourth-order valence-corrected chi connectivity index (χ4v) is 7.94. The Balaban J connectivity index is 1.49. The third-order valence-electron chi connectivity index (χ3n) is 7.68. The summed E-state index contributed by atoms with van der Waals surface area (Å²) in [7, 11) is -3.37. The first-order valence-corrected chi connectivity index (χ1v) is 14.9. The molecule has 1 aliphatic heterocycles. The number of nitrogens with zero attached hydrogens (tertiary/aromatic N) is 3. The number of nitrogens with one attached hydrogen (secondary N) is 2. The molecule has 1 aromatic heterocycles. The molecule has 2 heterocycles. The smallest absolute Gasteiger partial charge is 0.319 e. The molecule has 0 radical (unpaired) electrons. The van der Waals surface area contributed by atoms with E-state index in [1.54, 1.807) is 26.0 Å². The number of aliphatic hydroxyl groups is 1. The molecule has 3 N–H and O–H groups in total. The minimum atomic E-state index is -3.37. The average Bonchev–Trinajstić information content (AvgIpc) is 3.66. The molecule has 0 bridgehead atoms. The van der Waals surface area contributed by atoms with Gasteiger partial charge in [0.1, 0.15) is 10.6 Å². The number of aliphatic hydroxyl groups excluding tert-OH is 1. The quantitative estimate of drug-likeness (QED) is 0.462. The van der Waals surface area contributed by atoms with Gasteiger partial charge in [0.2, 0.25) is 0 Å². The summed E-state index contributed by atoms with van der Waals surface area (Å²) in [5, 5.41) is 14.6. The van der Waals surface area contributed by atoms with Gasteiger partial charge < -0.3 is 25.4 Å². The fraction of sp³-hybridized carbons (Fsp3) is 0.593. The largest absolute Gasteiger partial charge is 0.394 e. The van der Waals surface area contributed by atoms with Crippen LogP contribution in [0, 0.1) is 0 Å². The van der Waals surface area contributed by atoms with Gasteiger partial charge in [0.25, 0.3) is 0 Å². The van der Waals surface area contributed by atoms with Crippen molar-refractivity contribution in [1.29, 1.82) is 0 Å². The number of hydrogen-bond donors (Lipinski definition) is 3. The standard InChI is InChI=1S/C27H37N5O5S/c1-26(2,18-33)31-25(34)28-20-7-5-19(6-8-20)24-29-22(17-23(30-24)32-13-15-37-16-14-32)27(11-3-4-12-27)38(35,36)21-9-10-21/h5-8,17,21,33H,3-4,9-16,18H2,1-2H3,(H2,28,31,34). The normalized spacial score (nSPS) is 19.8. The number of amides is 2. The van der Waals surface area contributed by atoms with Crippen LogP contribution in [0.4, 0.5) is 16.3 Å². The number of benzene rings is 1. The Labute approximate surface area is 224 Å². The Morgan fingerprint density at radius 3 is 2.39 bits per heavy atom. The number of morpholine rings is 1. The molecule has 0 spiro atoms. The summed E-state index contributed by atoms with van der Waals surface area (Å²) in [5.41, 5.74) is 1.17. The lowest BCUT2D eigenvalue weighted by atomic mass is 10.0. The lowest BCUT2D eigenvalue weighted by Gasteiger charge is -2.32. The molecule has 1 saturated heterocycles. The van der Waals surface area contributed by atoms with Crippen molar-refractivity contribution in [2.75, 3.05) is 43.1 Å². The van der Waals surface area contributed by atoms with Crippen molar-refractivity contribution < 1.29 is 23.1 Å². The second kappa shape index (κ2) is 10.4. The maximum atomic E-state index is 13.8. The molecule has 5 rings (SSSR count). The third-order valence-corrected chi connectivity index (χ3v) is 10.7. The van der Waals surface area contributed by atoms with Crippen molar-refractivity contribution in [3.8, 4) is 11.4 Å². The van der Waals surface area contributed by atoms with Crippen LogP contribution in [-0.4, -0.2) is 73.2 Å². The molecule has 2 aromatic rings. The van der Waals surface area contributed by atoms with Crippen LogP contribution in [0.1, 0.15) is 58.1 Å². The first-order chi connectivity index (χ1) is 18.1. The number of anilines is 2. The molecule has 3 aliphatic rings. The molecule has 2 amide bonds. The second-order valence-electron chi connectivity index (χ2n) is 11.2. The van der Waals surface area contributed by atoms with Gasteiger partial charge >= 0.3 is 6.03 Å². The van der Waals surface area contributed by atoms with E-state index in [0.29, 0.717) is 56.4 Å². The monoisotopic (exact) mass is 543 g/mol. The third kappa shape index (κ3) is 5.37. The summed E-state index contributed by atoms with van der Waals surface area (Å²) in [6.45, 7) is 5.82. The molecule has 10 nitrogen and oxygen atoms in total. The number of sulfone groups is 1. The highest BCUT2D eigenvalue weighted by Crippen LogP contribution is 2.51. The molecular weight excluding hydrogens is 506 g/mol. The summed E-state index contributed by atoms with van der Waals surface area (Å²) in [4.78, 5) is 24.2. The minimum absolute atomic E-state index is 0.184. The van der Waals surface area contributed by atoms with Gasteiger partial charge in [0.05, 0.1) is 36.3 Å². The Kier molecular flexibility index (Phi) is 7.36. The first kappa shape index (κ1) is 26.8. The van der Waals surface area contributed by atoms with Gasteiger partial charge in [-0.15, -0.1) is 0 Å². The van der Waals surface area contributed by atoms with Crippen molar-refractivity contribution in [3.63, 3.8) is 0 Å². The van der Waals surface area contributed by atoms with Crippen molar-refractivity contribution in [1.82, 2.24) is 15.3 Å². The minimum Gasteiger partial charge on any atom is -0.394 e. The Hall–Kier alpha value is -2.76. The Bertz CT molecular complexity index is 1270. The van der Waals surface area contributed by atoms with Crippen LogP contribution in [0.2, 0.25) is 0 Å². The van der Waals surface area contributed by atoms with Gasteiger partial charge in [-0.2, -0.15) is 0 Å². The molecule has 0 unspecified atom stereocenters. The van der Waals surface area contributed by atoms with E-state index < -0.39 is 26.2 Å². The van der Waals surface area contributed by atoms with Crippen LogP contribution < -0.4 is 15.5 Å². The van der Waals surface area contributed by atoms with Crippen LogP contribution >= 0.6 is 0 Å². The fourth-order valence-electron chi connectivity index (χ4n) is 5.29. The van der Waals surface area contributed by atoms with E-state index in [-0.39, 0.29) is 11.9 Å². The molecule has 1 aromatic carbocycles. The second-order valence-corrected chi connectivity index (χ2v) is 13.7. The van der Waals surface area contributed by atoms with Gasteiger partial charge in [0, 0.05) is 30.4 Å². The van der Waals surface area contributed by atoms with E-state index in [0.717, 1.165) is 37.1 Å². The van der Waals surface area contributed by atoms with E-state index in [4.69, 9.17) is 14.7 Å². The zero-order valence-corrected chi connectivity index (χ0v) is 22.9. The number of rotatable bonds is 8. The van der Waals surface area contributed by atoms with Crippen LogP contribution in [0.25, 0.3) is 11.4 Å². The zero-order chi connectivity index (χ0) is 27.0. The zero-order valence-electron chi connectivity index (χ0n) is 22.1. The van der Waals surface area contributed by atoms with Crippen molar-refractivity contribution in [2.24, 2.45) is 0 Å². The van der Waals surface area contributed by atoms with Crippen LogP contribution in [-0.2, 0) is 19.3 Å². The van der Waals surface area contributed by atoms with Crippen molar-refractivity contribution in [3.05, 3.63) is 36.0 Å². The molecular formula is C27H37N5O5S. The number of aromatic nitrogens is 2. The summed E-state index contributed by atoms with van der Waals surface area (Å²) in [6.07, 6.45) is 4.38. The predicted octanol–water partition coefficient (Wildman–Crippen LogP) is 3.22. The van der Waals surface area contributed by atoms with Crippen molar-refractivity contribution in [2.45, 2.75) is 67.9 Å². The lowest BCUT2D eigenvalue weighted by Crippen LogP contribution is -2.48. The number of ether oxygens (including phenoxy) is 1. The lowest BCUT2D eigenvalue weighted by molar-refractivity contribution is 0.122. The summed E-state index contributed by atoms with van der Waals surface area (Å²) < 4.78 is 32.1. The van der Waals surface area contributed by atoms with Gasteiger partial charge in [-0.05, 0) is 63.8 Å². The molecule has 0 atom stereocenters. The first-order valence-electron chi connectivity index (χ1n) is 13.4. The Morgan fingerprint density at radius 1 is 1.13 bits per heavy atom. The molecule has 38 heavy (non-hydrogen) atoms. The van der Waals surface area contributed by atoms with Gasteiger partial charge in [-0.3, -0.25) is 0 Å². The number of carbonyl (C=O) groups is 1. The van der Waals surface area contributed by atoms with Gasteiger partial charge in [-0.25, -0.2) is 23.2 Å². The average molecular weight is 544 g/mol. The topological polar surface area (TPSA) is 134 Å². The molecule has 2 saturated carbocycles. The van der Waals surface area contributed by atoms with E-state index in [1.807, 2.05) is 18.2 Å². The predicted molar refractivity (Wildman–Crippen MR) is 146 cm³/mol. The number of urea groups is 1. The maximum absolute atomic E-state index is 13.8. The van der Waals surface area contributed by atoms with Gasteiger partial charge in [0.15, 0.2) is 15.7 Å². The maximum Gasteiger partial charge on any atom is 0.319 e. The number of carbonyl (C=O) groups excluding carboxylic acids is 1. The van der Waals surface area contributed by atoms with Crippen LogP contribution in [0.3, 0.4) is 0 Å². The van der Waals surface area contributed by atoms with E-state index in [1.165, 1.54) is 0 Å². The number of hydrogen-bond acceptors (Lipinski definition) is 8. The highest BCUT2D eigenvalue weighted by atomic mass is 32.2. The summed E-state index contributed by atoms with van der Waals surface area (Å²) in [6, 6.07) is 8.65.